The Morgan fingerprint density at radius 2 is 2.04 bits per heavy atom. The molecule has 0 bridgehead atoms. The average Bonchev–Trinajstić information content (AvgIpc) is 2.64. The molecule has 1 aliphatic rings. The number of piperidine rings is 1. The first-order valence-electron chi connectivity index (χ1n) is 9.17. The summed E-state index contributed by atoms with van der Waals surface area (Å²) in [5, 5.41) is 6.50. The summed E-state index contributed by atoms with van der Waals surface area (Å²) in [6.07, 6.45) is 2.27. The second-order valence-corrected chi connectivity index (χ2v) is 6.76. The number of benzene rings is 1. The van der Waals surface area contributed by atoms with Crippen molar-refractivity contribution < 1.29 is 13.5 Å². The van der Waals surface area contributed by atoms with Gasteiger partial charge in [-0.3, -0.25) is 4.99 Å². The van der Waals surface area contributed by atoms with Gasteiger partial charge in [-0.2, -0.15) is 0 Å². The zero-order valence-electron chi connectivity index (χ0n) is 16.3. The molecule has 27 heavy (non-hydrogen) atoms. The number of nitrogens with one attached hydrogen (secondary N) is 2. The fourth-order valence-corrected chi connectivity index (χ4v) is 3.21. The van der Waals surface area contributed by atoms with Crippen molar-refractivity contribution in [2.24, 2.45) is 10.9 Å². The maximum Gasteiger partial charge on any atom is 0.191 e. The first-order chi connectivity index (χ1) is 12.5. The molecule has 154 valence electrons. The highest BCUT2D eigenvalue weighted by atomic mass is 127. The topological polar surface area (TPSA) is 48.9 Å². The second kappa shape index (κ2) is 12.5. The summed E-state index contributed by atoms with van der Waals surface area (Å²) in [6.45, 7) is 6.59. The fourth-order valence-electron chi connectivity index (χ4n) is 3.21. The van der Waals surface area contributed by atoms with Gasteiger partial charge in [0.05, 0.1) is 12.6 Å². The number of methoxy groups -OCH3 is 1. The lowest BCUT2D eigenvalue weighted by atomic mass is 9.97. The Morgan fingerprint density at radius 3 is 2.63 bits per heavy atom. The van der Waals surface area contributed by atoms with E-state index in [2.05, 4.69) is 20.5 Å². The molecule has 0 aromatic heterocycles. The number of rotatable bonds is 7. The van der Waals surface area contributed by atoms with Crippen LogP contribution >= 0.6 is 24.0 Å². The molecule has 1 unspecified atom stereocenters. The van der Waals surface area contributed by atoms with Crippen LogP contribution in [0.25, 0.3) is 0 Å². The van der Waals surface area contributed by atoms with Gasteiger partial charge < -0.3 is 20.3 Å². The third-order valence-corrected chi connectivity index (χ3v) is 4.88. The minimum Gasteiger partial charge on any atom is -0.383 e. The Balaban J connectivity index is 0.00000364. The van der Waals surface area contributed by atoms with Crippen molar-refractivity contribution in [3.63, 3.8) is 0 Å². The van der Waals surface area contributed by atoms with Gasteiger partial charge >= 0.3 is 0 Å². The van der Waals surface area contributed by atoms with E-state index < -0.39 is 11.6 Å². The highest BCUT2D eigenvalue weighted by Gasteiger charge is 2.19. The quantitative estimate of drug-likeness (QED) is 0.346. The Kier molecular flexibility index (Phi) is 11.1. The van der Waals surface area contributed by atoms with E-state index in [1.165, 1.54) is 12.1 Å². The van der Waals surface area contributed by atoms with Crippen molar-refractivity contribution in [2.75, 3.05) is 46.9 Å². The van der Waals surface area contributed by atoms with Crippen LogP contribution in [-0.2, 0) is 4.74 Å². The van der Waals surface area contributed by atoms with Gasteiger partial charge in [0.2, 0.25) is 0 Å². The third kappa shape index (κ3) is 7.87. The second-order valence-electron chi connectivity index (χ2n) is 6.76. The van der Waals surface area contributed by atoms with Crippen LogP contribution < -0.4 is 10.6 Å². The molecule has 1 aromatic rings. The van der Waals surface area contributed by atoms with Crippen LogP contribution in [0.1, 0.15) is 31.4 Å². The smallest absolute Gasteiger partial charge is 0.191 e. The lowest BCUT2D eigenvalue weighted by Crippen LogP contribution is -2.44. The normalized spacial score (nSPS) is 17.3. The summed E-state index contributed by atoms with van der Waals surface area (Å²) in [4.78, 5) is 6.63. The Labute approximate surface area is 178 Å². The Morgan fingerprint density at radius 1 is 1.33 bits per heavy atom. The van der Waals surface area contributed by atoms with E-state index in [4.69, 9.17) is 4.74 Å². The summed E-state index contributed by atoms with van der Waals surface area (Å²) in [7, 11) is 3.42. The molecule has 2 N–H and O–H groups in total. The minimum absolute atomic E-state index is 0. The molecule has 0 spiro atoms. The van der Waals surface area contributed by atoms with E-state index in [0.717, 1.165) is 51.7 Å². The zero-order valence-corrected chi connectivity index (χ0v) is 18.6. The monoisotopic (exact) mass is 496 g/mol. The maximum absolute atomic E-state index is 13.9. The number of guanidine groups is 1. The number of likely N-dealkylation sites (tertiary alicyclic amines) is 1. The molecule has 2 rings (SSSR count). The van der Waals surface area contributed by atoms with Gasteiger partial charge in [0.15, 0.2) is 5.96 Å². The first-order valence-corrected chi connectivity index (χ1v) is 9.17. The molecule has 1 heterocycles. The molecule has 1 saturated heterocycles. The number of halogens is 3. The van der Waals surface area contributed by atoms with Gasteiger partial charge in [0, 0.05) is 38.9 Å². The van der Waals surface area contributed by atoms with Gasteiger partial charge in [0.25, 0.3) is 0 Å². The van der Waals surface area contributed by atoms with Gasteiger partial charge in [-0.05, 0) is 44.8 Å². The van der Waals surface area contributed by atoms with Crippen molar-refractivity contribution in [1.29, 1.82) is 0 Å². The number of aliphatic imine (C=N–C) groups is 1. The SMILES string of the molecule is CN=C(NCC1CCN(CCOC)CC1)NC(C)c1ccc(F)cc1F.I. The minimum atomic E-state index is -0.571. The maximum atomic E-state index is 13.9. The number of nitrogens with zero attached hydrogens (tertiary/aromatic N) is 2. The van der Waals surface area contributed by atoms with Crippen LogP contribution in [-0.4, -0.2) is 57.8 Å². The number of hydrogen-bond acceptors (Lipinski definition) is 3. The predicted octanol–water partition coefficient (Wildman–Crippen LogP) is 3.17. The van der Waals surface area contributed by atoms with Crippen LogP contribution in [0.5, 0.6) is 0 Å². The molecule has 1 aliphatic heterocycles. The van der Waals surface area contributed by atoms with Gasteiger partial charge in [-0.15, -0.1) is 24.0 Å². The lowest BCUT2D eigenvalue weighted by Gasteiger charge is -2.32. The molecule has 5 nitrogen and oxygen atoms in total. The standard InChI is InChI=1S/C19H30F2N4O.HI/c1-14(17-5-4-16(20)12-18(17)21)24-19(22-2)23-13-15-6-8-25(9-7-15)10-11-26-3;/h4-5,12,14-15H,6-11,13H2,1-3H3,(H2,22,23,24);1H. The van der Waals surface area contributed by atoms with Crippen LogP contribution in [0.3, 0.4) is 0 Å². The molecule has 1 atom stereocenters. The van der Waals surface area contributed by atoms with E-state index in [-0.39, 0.29) is 30.0 Å². The van der Waals surface area contributed by atoms with Crippen LogP contribution in [0.2, 0.25) is 0 Å². The molecule has 0 amide bonds. The molecular weight excluding hydrogens is 465 g/mol. The molecule has 1 aromatic carbocycles. The molecule has 0 aliphatic carbocycles. The predicted molar refractivity (Wildman–Crippen MR) is 116 cm³/mol. The van der Waals surface area contributed by atoms with Gasteiger partial charge in [-0.25, -0.2) is 8.78 Å². The Bertz CT molecular complexity index is 595. The number of ether oxygens (including phenoxy) is 1. The largest absolute Gasteiger partial charge is 0.383 e. The first kappa shape index (κ1) is 24.0. The van der Waals surface area contributed by atoms with Crippen LogP contribution in [0.15, 0.2) is 23.2 Å². The summed E-state index contributed by atoms with van der Waals surface area (Å²) < 4.78 is 32.1. The van der Waals surface area contributed by atoms with Crippen LogP contribution in [0, 0.1) is 17.6 Å². The van der Waals surface area contributed by atoms with E-state index >= 15 is 0 Å². The third-order valence-electron chi connectivity index (χ3n) is 4.88. The Hall–Kier alpha value is -1.00. The van der Waals surface area contributed by atoms with Gasteiger partial charge in [-0.1, -0.05) is 6.07 Å². The summed E-state index contributed by atoms with van der Waals surface area (Å²) in [5.41, 5.74) is 0.417. The van der Waals surface area contributed by atoms with Gasteiger partial charge in [0.1, 0.15) is 11.6 Å². The summed E-state index contributed by atoms with van der Waals surface area (Å²) in [5.74, 6) is 0.0925. The van der Waals surface area contributed by atoms with E-state index in [1.807, 2.05) is 6.92 Å². The van der Waals surface area contributed by atoms with Crippen molar-refractivity contribution >= 4 is 29.9 Å². The summed E-state index contributed by atoms with van der Waals surface area (Å²) in [6, 6.07) is 3.33. The molecule has 0 saturated carbocycles. The highest BCUT2D eigenvalue weighted by Crippen LogP contribution is 2.18. The molecule has 1 fully saturated rings. The fraction of sp³-hybridized carbons (Fsp3) is 0.632. The molecule has 0 radical (unpaired) electrons. The van der Waals surface area contributed by atoms with Crippen molar-refractivity contribution in [3.8, 4) is 0 Å². The lowest BCUT2D eigenvalue weighted by molar-refractivity contribution is 0.121. The highest BCUT2D eigenvalue weighted by molar-refractivity contribution is 14.0. The molecule has 8 heteroatoms. The van der Waals surface area contributed by atoms with Crippen molar-refractivity contribution in [2.45, 2.75) is 25.8 Å². The van der Waals surface area contributed by atoms with E-state index in [9.17, 15) is 8.78 Å². The van der Waals surface area contributed by atoms with E-state index in [1.54, 1.807) is 14.2 Å². The summed E-state index contributed by atoms with van der Waals surface area (Å²) >= 11 is 0. The van der Waals surface area contributed by atoms with Crippen molar-refractivity contribution in [1.82, 2.24) is 15.5 Å². The molecular formula is C19H31F2IN4O. The van der Waals surface area contributed by atoms with Crippen LogP contribution in [0.4, 0.5) is 8.78 Å². The van der Waals surface area contributed by atoms with E-state index in [0.29, 0.717) is 17.4 Å². The average molecular weight is 496 g/mol. The zero-order chi connectivity index (χ0) is 18.9. The number of hydrogen-bond donors (Lipinski definition) is 2. The van der Waals surface area contributed by atoms with Crippen molar-refractivity contribution in [3.05, 3.63) is 35.4 Å².